The van der Waals surface area contributed by atoms with Crippen molar-refractivity contribution in [2.45, 2.75) is 18.4 Å². The van der Waals surface area contributed by atoms with Gasteiger partial charge in [-0.25, -0.2) is 0 Å². The first kappa shape index (κ1) is 16.1. The van der Waals surface area contributed by atoms with Crippen LogP contribution in [0.1, 0.15) is 23.3 Å². The second kappa shape index (κ2) is 6.50. The molecule has 1 spiro atoms. The van der Waals surface area contributed by atoms with Crippen molar-refractivity contribution in [3.63, 3.8) is 0 Å². The van der Waals surface area contributed by atoms with Gasteiger partial charge in [-0.2, -0.15) is 0 Å². The van der Waals surface area contributed by atoms with E-state index in [1.54, 1.807) is 0 Å². The number of morpholine rings is 1. The third-order valence-corrected chi connectivity index (χ3v) is 5.34. The van der Waals surface area contributed by atoms with Gasteiger partial charge in [-0.05, 0) is 30.9 Å². The molecular formula is C18H27N3O3. The molecule has 2 saturated heterocycles. The molecule has 132 valence electrons. The number of aromatic nitrogens is 1. The van der Waals surface area contributed by atoms with Gasteiger partial charge in [-0.15, -0.1) is 0 Å². The van der Waals surface area contributed by atoms with Gasteiger partial charge in [0.1, 0.15) is 11.3 Å². The van der Waals surface area contributed by atoms with Crippen molar-refractivity contribution in [2.75, 3.05) is 52.5 Å². The molecule has 1 amide bonds. The Labute approximate surface area is 143 Å². The predicted molar refractivity (Wildman–Crippen MR) is 90.0 cm³/mol. The van der Waals surface area contributed by atoms with Crippen molar-refractivity contribution in [1.82, 2.24) is 14.4 Å². The summed E-state index contributed by atoms with van der Waals surface area (Å²) in [6, 6.07) is 3.79. The molecule has 0 aromatic carbocycles. The van der Waals surface area contributed by atoms with Gasteiger partial charge in [0, 0.05) is 39.4 Å². The molecule has 1 atom stereocenters. The maximum absolute atomic E-state index is 12.9. The molecular weight excluding hydrogens is 306 g/mol. The van der Waals surface area contributed by atoms with E-state index in [2.05, 4.69) is 4.90 Å². The van der Waals surface area contributed by atoms with Crippen LogP contribution >= 0.6 is 0 Å². The first-order chi connectivity index (χ1) is 11.7. The molecule has 3 fully saturated rings. The molecule has 1 aromatic heterocycles. The van der Waals surface area contributed by atoms with Crippen LogP contribution in [0.3, 0.4) is 0 Å². The normalized spacial score (nSPS) is 29.0. The predicted octanol–water partition coefficient (Wildman–Crippen LogP) is 0.979. The van der Waals surface area contributed by atoms with Gasteiger partial charge in [-0.1, -0.05) is 0 Å². The van der Waals surface area contributed by atoms with Crippen molar-refractivity contribution in [2.24, 2.45) is 13.0 Å². The fraction of sp³-hybridized carbons (Fsp3) is 0.722. The maximum Gasteiger partial charge on any atom is 0.270 e. The fourth-order valence-corrected chi connectivity index (χ4v) is 3.85. The van der Waals surface area contributed by atoms with Crippen LogP contribution in [0.2, 0.25) is 0 Å². The zero-order chi connectivity index (χ0) is 16.6. The summed E-state index contributed by atoms with van der Waals surface area (Å²) in [7, 11) is 1.91. The first-order valence-corrected chi connectivity index (χ1v) is 9.00. The van der Waals surface area contributed by atoms with Crippen LogP contribution in [0, 0.1) is 5.92 Å². The number of nitrogens with zero attached hydrogens (tertiary/aromatic N) is 3. The smallest absolute Gasteiger partial charge is 0.270 e. The van der Waals surface area contributed by atoms with Crippen LogP contribution < -0.4 is 0 Å². The number of carbonyl (C=O) groups is 1. The number of carbonyl (C=O) groups excluding carboxylic acids is 1. The number of hydrogen-bond acceptors (Lipinski definition) is 4. The second-order valence-electron chi connectivity index (χ2n) is 7.49. The Balaban J connectivity index is 1.47. The molecule has 3 aliphatic rings. The minimum Gasteiger partial charge on any atom is -0.377 e. The summed E-state index contributed by atoms with van der Waals surface area (Å²) < 4.78 is 13.9. The lowest BCUT2D eigenvalue weighted by Crippen LogP contribution is -2.60. The lowest BCUT2D eigenvalue weighted by atomic mass is 10.0. The molecule has 6 nitrogen and oxygen atoms in total. The Morgan fingerprint density at radius 3 is 2.92 bits per heavy atom. The molecule has 6 heteroatoms. The van der Waals surface area contributed by atoms with Crippen LogP contribution in [-0.4, -0.2) is 78.4 Å². The Hall–Kier alpha value is -1.37. The molecule has 0 bridgehead atoms. The van der Waals surface area contributed by atoms with Crippen molar-refractivity contribution in [3.05, 3.63) is 24.0 Å². The van der Waals surface area contributed by atoms with Crippen LogP contribution in [-0.2, 0) is 16.5 Å². The van der Waals surface area contributed by atoms with E-state index in [0.717, 1.165) is 37.9 Å². The Bertz CT molecular complexity index is 598. The Morgan fingerprint density at radius 1 is 1.29 bits per heavy atom. The minimum absolute atomic E-state index is 0.0863. The van der Waals surface area contributed by atoms with Crippen molar-refractivity contribution in [1.29, 1.82) is 0 Å². The zero-order valence-corrected chi connectivity index (χ0v) is 14.4. The number of amides is 1. The standard InChI is InChI=1S/C18H27N3O3/c1-19-6-2-3-16(19)17(22)21-8-10-24-18(13-21)12-20(7-9-23-14-18)11-15-4-5-15/h2-3,6,15H,4-5,7-14H2,1H3. The quantitative estimate of drug-likeness (QED) is 0.827. The molecule has 3 heterocycles. The first-order valence-electron chi connectivity index (χ1n) is 9.00. The SMILES string of the molecule is Cn1cccc1C(=O)N1CCOC2(COCCN(CC3CC3)C2)C1. The molecule has 1 aliphatic carbocycles. The van der Waals surface area contributed by atoms with E-state index < -0.39 is 0 Å². The highest BCUT2D eigenvalue weighted by molar-refractivity contribution is 5.92. The van der Waals surface area contributed by atoms with E-state index in [4.69, 9.17) is 9.47 Å². The van der Waals surface area contributed by atoms with Gasteiger partial charge in [0.25, 0.3) is 5.91 Å². The highest BCUT2D eigenvalue weighted by Gasteiger charge is 2.42. The number of rotatable bonds is 3. The minimum atomic E-state index is -0.384. The molecule has 2 aliphatic heterocycles. The van der Waals surface area contributed by atoms with E-state index in [1.165, 1.54) is 12.8 Å². The maximum atomic E-state index is 12.9. The van der Waals surface area contributed by atoms with Crippen LogP contribution in [0.4, 0.5) is 0 Å². The molecule has 24 heavy (non-hydrogen) atoms. The van der Waals surface area contributed by atoms with Crippen molar-refractivity contribution < 1.29 is 14.3 Å². The lowest BCUT2D eigenvalue weighted by molar-refractivity contribution is -0.133. The van der Waals surface area contributed by atoms with Crippen LogP contribution in [0.25, 0.3) is 0 Å². The number of ether oxygens (including phenoxy) is 2. The largest absolute Gasteiger partial charge is 0.377 e. The van der Waals surface area contributed by atoms with Gasteiger partial charge in [-0.3, -0.25) is 9.69 Å². The van der Waals surface area contributed by atoms with E-state index in [-0.39, 0.29) is 11.5 Å². The van der Waals surface area contributed by atoms with Crippen molar-refractivity contribution in [3.8, 4) is 0 Å². The summed E-state index contributed by atoms with van der Waals surface area (Å²) in [5, 5.41) is 0. The fourth-order valence-electron chi connectivity index (χ4n) is 3.85. The zero-order valence-electron chi connectivity index (χ0n) is 14.4. The van der Waals surface area contributed by atoms with Gasteiger partial charge >= 0.3 is 0 Å². The monoisotopic (exact) mass is 333 g/mol. The van der Waals surface area contributed by atoms with E-state index in [9.17, 15) is 4.79 Å². The molecule has 4 rings (SSSR count). The molecule has 1 saturated carbocycles. The van der Waals surface area contributed by atoms with Gasteiger partial charge in [0.05, 0.1) is 26.4 Å². The summed E-state index contributed by atoms with van der Waals surface area (Å²) in [6.45, 7) is 6.13. The molecule has 0 N–H and O–H groups in total. The summed E-state index contributed by atoms with van der Waals surface area (Å²) >= 11 is 0. The number of hydrogen-bond donors (Lipinski definition) is 0. The summed E-state index contributed by atoms with van der Waals surface area (Å²) in [6.07, 6.45) is 4.61. The van der Waals surface area contributed by atoms with E-state index >= 15 is 0 Å². The van der Waals surface area contributed by atoms with Gasteiger partial charge in [0.2, 0.25) is 0 Å². The summed E-state index contributed by atoms with van der Waals surface area (Å²) in [5.41, 5.74) is 0.348. The second-order valence-corrected chi connectivity index (χ2v) is 7.49. The van der Waals surface area contributed by atoms with Gasteiger partial charge < -0.3 is 18.9 Å². The third-order valence-electron chi connectivity index (χ3n) is 5.34. The topological polar surface area (TPSA) is 46.9 Å². The molecule has 1 aromatic rings. The third kappa shape index (κ3) is 3.36. The summed E-state index contributed by atoms with van der Waals surface area (Å²) in [4.78, 5) is 17.3. The highest BCUT2D eigenvalue weighted by Crippen LogP contribution is 2.31. The summed E-state index contributed by atoms with van der Waals surface area (Å²) in [5.74, 6) is 0.938. The van der Waals surface area contributed by atoms with E-state index in [0.29, 0.717) is 26.3 Å². The van der Waals surface area contributed by atoms with Crippen molar-refractivity contribution >= 4 is 5.91 Å². The lowest BCUT2D eigenvalue weighted by Gasteiger charge is -2.43. The Morgan fingerprint density at radius 2 is 2.17 bits per heavy atom. The average molecular weight is 333 g/mol. The Kier molecular flexibility index (Phi) is 4.37. The van der Waals surface area contributed by atoms with Crippen LogP contribution in [0.5, 0.6) is 0 Å². The van der Waals surface area contributed by atoms with Crippen LogP contribution in [0.15, 0.2) is 18.3 Å². The average Bonchev–Trinajstić information content (AvgIpc) is 3.32. The molecule has 1 unspecified atom stereocenters. The highest BCUT2D eigenvalue weighted by atomic mass is 16.5. The van der Waals surface area contributed by atoms with E-state index in [1.807, 2.05) is 34.8 Å². The van der Waals surface area contributed by atoms with Gasteiger partial charge in [0.15, 0.2) is 0 Å². The molecule has 0 radical (unpaired) electrons. The number of aryl methyl sites for hydroxylation is 1.